The third-order valence-corrected chi connectivity index (χ3v) is 5.68. The second kappa shape index (κ2) is 6.81. The molecular formula is C19H24N4O3. The molecule has 0 aliphatic carbocycles. The molecule has 7 heteroatoms. The standard InChI is InChI=1S/C19H24N4O3/c1-11-7-20-9-15(11)21-8-12-2-3-13-10-23(19(26)14(13)6-12)16-4-5-17(24)22-18(16)25/h2-3,6,11,15-16,20-21H,4-5,7-10H2,1H3,(H,22,24,25)/t11-,15-,16?/m0/s1. The maximum Gasteiger partial charge on any atom is 0.255 e. The van der Waals surface area contributed by atoms with Gasteiger partial charge in [-0.15, -0.1) is 0 Å². The van der Waals surface area contributed by atoms with E-state index in [1.165, 1.54) is 0 Å². The summed E-state index contributed by atoms with van der Waals surface area (Å²) in [7, 11) is 0. The highest BCUT2D eigenvalue weighted by molar-refractivity contribution is 6.05. The van der Waals surface area contributed by atoms with E-state index >= 15 is 0 Å². The summed E-state index contributed by atoms with van der Waals surface area (Å²) in [6.45, 7) is 5.37. The minimum Gasteiger partial charge on any atom is -0.322 e. The van der Waals surface area contributed by atoms with Gasteiger partial charge in [-0.05, 0) is 36.1 Å². The molecule has 0 radical (unpaired) electrons. The average Bonchev–Trinajstić information content (AvgIpc) is 3.17. The highest BCUT2D eigenvalue weighted by atomic mass is 16.2. The Kier molecular flexibility index (Phi) is 4.50. The van der Waals surface area contributed by atoms with Crippen LogP contribution in [0.3, 0.4) is 0 Å². The summed E-state index contributed by atoms with van der Waals surface area (Å²) in [5, 5.41) is 9.26. The number of benzene rings is 1. The molecule has 1 aromatic rings. The van der Waals surface area contributed by atoms with Gasteiger partial charge in [-0.25, -0.2) is 0 Å². The molecule has 3 atom stereocenters. The fraction of sp³-hybridized carbons (Fsp3) is 0.526. The third kappa shape index (κ3) is 3.12. The number of fused-ring (bicyclic) bond motifs is 1. The van der Waals surface area contributed by atoms with Gasteiger partial charge in [0.2, 0.25) is 11.8 Å². The van der Waals surface area contributed by atoms with Gasteiger partial charge < -0.3 is 15.5 Å². The monoisotopic (exact) mass is 356 g/mol. The van der Waals surface area contributed by atoms with Crippen LogP contribution in [0, 0.1) is 5.92 Å². The van der Waals surface area contributed by atoms with Crippen molar-refractivity contribution in [2.24, 2.45) is 5.92 Å². The molecule has 4 rings (SSSR count). The lowest BCUT2D eigenvalue weighted by atomic mass is 10.0. The molecule has 0 spiro atoms. The quantitative estimate of drug-likeness (QED) is 0.668. The Hall–Kier alpha value is -2.25. The van der Waals surface area contributed by atoms with Crippen molar-refractivity contribution in [3.8, 4) is 0 Å². The number of carbonyl (C=O) groups excluding carboxylic acids is 3. The van der Waals surface area contributed by atoms with E-state index in [0.29, 0.717) is 30.5 Å². The Balaban J connectivity index is 1.45. The highest BCUT2D eigenvalue weighted by Gasteiger charge is 2.39. The number of hydrogen-bond donors (Lipinski definition) is 3. The van der Waals surface area contributed by atoms with Crippen LogP contribution in [0.5, 0.6) is 0 Å². The average molecular weight is 356 g/mol. The van der Waals surface area contributed by atoms with Crippen LogP contribution >= 0.6 is 0 Å². The summed E-state index contributed by atoms with van der Waals surface area (Å²) in [6, 6.07) is 5.84. The zero-order valence-corrected chi connectivity index (χ0v) is 14.9. The number of imide groups is 1. The van der Waals surface area contributed by atoms with Gasteiger partial charge in [-0.3, -0.25) is 19.7 Å². The van der Waals surface area contributed by atoms with E-state index in [2.05, 4.69) is 22.9 Å². The van der Waals surface area contributed by atoms with Crippen LogP contribution in [0.25, 0.3) is 0 Å². The summed E-state index contributed by atoms with van der Waals surface area (Å²) >= 11 is 0. The van der Waals surface area contributed by atoms with Gasteiger partial charge in [-0.2, -0.15) is 0 Å². The molecule has 2 fully saturated rings. The lowest BCUT2D eigenvalue weighted by Gasteiger charge is -2.29. The molecule has 7 nitrogen and oxygen atoms in total. The molecule has 3 heterocycles. The number of amides is 3. The van der Waals surface area contributed by atoms with E-state index in [4.69, 9.17) is 0 Å². The molecular weight excluding hydrogens is 332 g/mol. The second-order valence-electron chi connectivity index (χ2n) is 7.51. The van der Waals surface area contributed by atoms with Gasteiger partial charge in [0.25, 0.3) is 5.91 Å². The van der Waals surface area contributed by atoms with Crippen molar-refractivity contribution >= 4 is 17.7 Å². The number of nitrogens with one attached hydrogen (secondary N) is 3. The van der Waals surface area contributed by atoms with Gasteiger partial charge in [0.15, 0.2) is 0 Å². The molecule has 3 aliphatic heterocycles. The van der Waals surface area contributed by atoms with Crippen molar-refractivity contribution in [1.29, 1.82) is 0 Å². The smallest absolute Gasteiger partial charge is 0.255 e. The fourth-order valence-electron chi connectivity index (χ4n) is 4.04. The lowest BCUT2D eigenvalue weighted by Crippen LogP contribution is -2.52. The SMILES string of the molecule is C[C@H]1CNC[C@@H]1NCc1ccc2c(c1)C(=O)N(C1CCC(=O)NC1=O)C2. The molecule has 3 N–H and O–H groups in total. The van der Waals surface area contributed by atoms with Gasteiger partial charge in [0, 0.05) is 37.7 Å². The summed E-state index contributed by atoms with van der Waals surface area (Å²) in [5.74, 6) is -0.159. The van der Waals surface area contributed by atoms with Crippen molar-refractivity contribution in [2.45, 2.75) is 44.9 Å². The van der Waals surface area contributed by atoms with Crippen molar-refractivity contribution in [3.05, 3.63) is 34.9 Å². The van der Waals surface area contributed by atoms with Crippen molar-refractivity contribution < 1.29 is 14.4 Å². The zero-order valence-electron chi connectivity index (χ0n) is 14.9. The Morgan fingerprint density at radius 2 is 2.08 bits per heavy atom. The van der Waals surface area contributed by atoms with Crippen LogP contribution in [0.15, 0.2) is 18.2 Å². The topological polar surface area (TPSA) is 90.5 Å². The minimum atomic E-state index is -0.556. The van der Waals surface area contributed by atoms with Gasteiger partial charge in [0.05, 0.1) is 0 Å². The molecule has 3 amide bonds. The second-order valence-corrected chi connectivity index (χ2v) is 7.51. The van der Waals surface area contributed by atoms with Gasteiger partial charge >= 0.3 is 0 Å². The van der Waals surface area contributed by atoms with Crippen molar-refractivity contribution in [2.75, 3.05) is 13.1 Å². The van der Waals surface area contributed by atoms with Crippen LogP contribution in [0.1, 0.15) is 41.3 Å². The number of rotatable bonds is 4. The number of hydrogen-bond acceptors (Lipinski definition) is 5. The van der Waals surface area contributed by atoms with Crippen LogP contribution in [-0.4, -0.2) is 47.8 Å². The number of carbonyl (C=O) groups is 3. The predicted octanol–water partition coefficient (Wildman–Crippen LogP) is 0.145. The highest BCUT2D eigenvalue weighted by Crippen LogP contribution is 2.28. The molecule has 2 saturated heterocycles. The van der Waals surface area contributed by atoms with E-state index < -0.39 is 6.04 Å². The molecule has 26 heavy (non-hydrogen) atoms. The summed E-state index contributed by atoms with van der Waals surface area (Å²) in [4.78, 5) is 37.8. The first-order chi connectivity index (χ1) is 12.5. The molecule has 0 saturated carbocycles. The third-order valence-electron chi connectivity index (χ3n) is 5.68. The maximum absolute atomic E-state index is 12.8. The van der Waals surface area contributed by atoms with Crippen LogP contribution < -0.4 is 16.0 Å². The van der Waals surface area contributed by atoms with E-state index in [9.17, 15) is 14.4 Å². The normalized spacial score (nSPS) is 28.4. The summed E-state index contributed by atoms with van der Waals surface area (Å²) < 4.78 is 0. The van der Waals surface area contributed by atoms with E-state index in [1.54, 1.807) is 4.90 Å². The molecule has 0 aromatic heterocycles. The Morgan fingerprint density at radius 3 is 2.81 bits per heavy atom. The number of nitrogens with zero attached hydrogens (tertiary/aromatic N) is 1. The molecule has 1 aromatic carbocycles. The van der Waals surface area contributed by atoms with E-state index in [-0.39, 0.29) is 24.1 Å². The Bertz CT molecular complexity index is 763. The first-order valence-corrected chi connectivity index (χ1v) is 9.23. The predicted molar refractivity (Wildman–Crippen MR) is 95.1 cm³/mol. The maximum atomic E-state index is 12.8. The zero-order chi connectivity index (χ0) is 18.3. The Morgan fingerprint density at radius 1 is 1.23 bits per heavy atom. The molecule has 3 aliphatic rings. The first kappa shape index (κ1) is 17.2. The van der Waals surface area contributed by atoms with E-state index in [1.807, 2.05) is 18.2 Å². The number of piperidine rings is 1. The summed E-state index contributed by atoms with van der Waals surface area (Å²) in [6.07, 6.45) is 0.671. The van der Waals surface area contributed by atoms with Crippen LogP contribution in [-0.2, 0) is 22.7 Å². The van der Waals surface area contributed by atoms with Crippen molar-refractivity contribution in [3.63, 3.8) is 0 Å². The minimum absolute atomic E-state index is 0.118. The first-order valence-electron chi connectivity index (χ1n) is 9.23. The van der Waals surface area contributed by atoms with Crippen LogP contribution in [0.4, 0.5) is 0 Å². The van der Waals surface area contributed by atoms with Gasteiger partial charge in [0.1, 0.15) is 6.04 Å². The Labute approximate surface area is 152 Å². The molecule has 138 valence electrons. The lowest BCUT2D eigenvalue weighted by molar-refractivity contribution is -0.136. The molecule has 0 bridgehead atoms. The van der Waals surface area contributed by atoms with E-state index in [0.717, 1.165) is 30.8 Å². The van der Waals surface area contributed by atoms with Gasteiger partial charge in [-0.1, -0.05) is 19.1 Å². The fourth-order valence-corrected chi connectivity index (χ4v) is 4.04. The molecule has 1 unspecified atom stereocenters. The largest absolute Gasteiger partial charge is 0.322 e. The van der Waals surface area contributed by atoms with Crippen molar-refractivity contribution in [1.82, 2.24) is 20.9 Å². The van der Waals surface area contributed by atoms with Crippen LogP contribution in [0.2, 0.25) is 0 Å². The summed E-state index contributed by atoms with van der Waals surface area (Å²) in [5.41, 5.74) is 2.69.